The van der Waals surface area contributed by atoms with Crippen LogP contribution in [0.3, 0.4) is 0 Å². The van der Waals surface area contributed by atoms with Crippen molar-refractivity contribution in [1.29, 1.82) is 0 Å². The van der Waals surface area contributed by atoms with Gasteiger partial charge in [-0.05, 0) is 18.2 Å². The van der Waals surface area contributed by atoms with Gasteiger partial charge in [-0.1, -0.05) is 6.07 Å². The van der Waals surface area contributed by atoms with Crippen LogP contribution in [0.4, 0.5) is 13.2 Å². The fraction of sp³-hybridized carbons (Fsp3) is 0.500. The van der Waals surface area contributed by atoms with Crippen LogP contribution in [0.15, 0.2) is 24.3 Å². The smallest absolute Gasteiger partial charge is 0.416 e. The number of quaternary nitrogens is 1. The molecule has 0 bridgehead atoms. The summed E-state index contributed by atoms with van der Waals surface area (Å²) in [6.45, 7) is 0.528. The monoisotopic (exact) mass is 318 g/mol. The second-order valence-corrected chi connectivity index (χ2v) is 5.51. The Balaban J connectivity index is 1.90. The molecule has 1 aliphatic rings. The molecule has 2 rings (SSSR count). The Hall–Kier alpha value is -1.64. The van der Waals surface area contributed by atoms with E-state index >= 15 is 0 Å². The van der Waals surface area contributed by atoms with Crippen molar-refractivity contribution in [2.24, 2.45) is 0 Å². The van der Waals surface area contributed by atoms with Crippen LogP contribution in [-0.2, 0) is 11.0 Å². The van der Waals surface area contributed by atoms with Crippen molar-refractivity contribution < 1.29 is 27.4 Å². The van der Waals surface area contributed by atoms with Crippen molar-refractivity contribution in [2.45, 2.75) is 25.1 Å². The number of carbonyl (C=O) groups excluding carboxylic acids is 1. The molecule has 0 radical (unpaired) electrons. The molecule has 2 atom stereocenters. The maximum absolute atomic E-state index is 12.6. The van der Waals surface area contributed by atoms with E-state index in [1.54, 1.807) is 0 Å². The van der Waals surface area contributed by atoms with Gasteiger partial charge in [-0.2, -0.15) is 13.2 Å². The lowest BCUT2D eigenvalue weighted by Crippen LogP contribution is -2.45. The largest absolute Gasteiger partial charge is 0.633 e. The zero-order valence-corrected chi connectivity index (χ0v) is 12.0. The first-order valence-electron chi connectivity index (χ1n) is 6.86. The van der Waals surface area contributed by atoms with Crippen LogP contribution in [0.25, 0.3) is 0 Å². The third kappa shape index (κ3) is 3.96. The standard InChI is InChI=1S/C14H17F3N2O3/c1-19(21)7-3-6-12(19)9-22-18-13(20)10-4-2-5-11(8-10)14(15,16)17/h2,4-5,8,12H,3,6-7,9H2,1H3,(H,18,20). The Morgan fingerprint density at radius 2 is 2.23 bits per heavy atom. The number of nitrogens with one attached hydrogen (secondary N) is 1. The topological polar surface area (TPSA) is 61.4 Å². The molecule has 122 valence electrons. The van der Waals surface area contributed by atoms with Crippen LogP contribution in [0.1, 0.15) is 28.8 Å². The average molecular weight is 318 g/mol. The van der Waals surface area contributed by atoms with Crippen LogP contribution in [0.2, 0.25) is 0 Å². The summed E-state index contributed by atoms with van der Waals surface area (Å²) in [5, 5.41) is 12.0. The van der Waals surface area contributed by atoms with Gasteiger partial charge in [0.2, 0.25) is 0 Å². The minimum Gasteiger partial charge on any atom is -0.633 e. The van der Waals surface area contributed by atoms with Gasteiger partial charge in [-0.15, -0.1) is 0 Å². The maximum Gasteiger partial charge on any atom is 0.416 e. The van der Waals surface area contributed by atoms with Crippen molar-refractivity contribution >= 4 is 5.91 Å². The Labute approximate surface area is 125 Å². The number of benzene rings is 1. The van der Waals surface area contributed by atoms with Crippen molar-refractivity contribution in [1.82, 2.24) is 5.48 Å². The summed E-state index contributed by atoms with van der Waals surface area (Å²) in [6, 6.07) is 3.78. The highest BCUT2D eigenvalue weighted by Gasteiger charge is 2.32. The van der Waals surface area contributed by atoms with Gasteiger partial charge in [0.05, 0.1) is 19.2 Å². The second kappa shape index (κ2) is 6.23. The van der Waals surface area contributed by atoms with Gasteiger partial charge in [0.1, 0.15) is 12.6 Å². The molecule has 8 heteroatoms. The van der Waals surface area contributed by atoms with Crippen LogP contribution < -0.4 is 5.48 Å². The van der Waals surface area contributed by atoms with Gasteiger partial charge < -0.3 is 9.85 Å². The van der Waals surface area contributed by atoms with E-state index in [1.807, 2.05) is 0 Å². The molecule has 1 fully saturated rings. The first-order chi connectivity index (χ1) is 10.2. The van der Waals surface area contributed by atoms with Gasteiger partial charge in [-0.25, -0.2) is 5.48 Å². The van der Waals surface area contributed by atoms with Gasteiger partial charge in [0, 0.05) is 18.4 Å². The highest BCUT2D eigenvalue weighted by molar-refractivity contribution is 5.93. The summed E-state index contributed by atoms with van der Waals surface area (Å²) >= 11 is 0. The number of hydrogen-bond acceptors (Lipinski definition) is 3. The molecule has 0 spiro atoms. The number of amides is 1. The first-order valence-corrected chi connectivity index (χ1v) is 6.86. The number of carbonyl (C=O) groups is 1. The summed E-state index contributed by atoms with van der Waals surface area (Å²) < 4.78 is 37.3. The van der Waals surface area contributed by atoms with E-state index in [4.69, 9.17) is 4.84 Å². The highest BCUT2D eigenvalue weighted by atomic mass is 19.4. The minimum atomic E-state index is -4.51. The molecular formula is C14H17F3N2O3. The van der Waals surface area contributed by atoms with Crippen LogP contribution >= 0.6 is 0 Å². The molecule has 1 aromatic rings. The molecule has 1 N–H and O–H groups in total. The van der Waals surface area contributed by atoms with E-state index < -0.39 is 22.3 Å². The first kappa shape index (κ1) is 16.7. The van der Waals surface area contributed by atoms with Crippen molar-refractivity contribution in [3.8, 4) is 0 Å². The number of likely N-dealkylation sites (N-methyl/N-ethyl adjacent to an activating group) is 1. The Kier molecular flexibility index (Phi) is 4.74. The van der Waals surface area contributed by atoms with Gasteiger partial charge in [0.15, 0.2) is 0 Å². The van der Waals surface area contributed by atoms with E-state index in [0.29, 0.717) is 13.0 Å². The molecule has 5 nitrogen and oxygen atoms in total. The van der Waals surface area contributed by atoms with Gasteiger partial charge >= 0.3 is 6.18 Å². The summed E-state index contributed by atoms with van der Waals surface area (Å²) in [5.41, 5.74) is 1.03. The normalized spacial score (nSPS) is 25.2. The Bertz CT molecular complexity index is 546. The summed E-state index contributed by atoms with van der Waals surface area (Å²) in [5.74, 6) is -0.774. The molecule has 22 heavy (non-hydrogen) atoms. The number of likely N-dealkylation sites (tertiary alicyclic amines) is 1. The third-order valence-corrected chi connectivity index (χ3v) is 3.80. The third-order valence-electron chi connectivity index (χ3n) is 3.80. The number of hydroxylamine groups is 4. The number of nitrogens with zero attached hydrogens (tertiary/aromatic N) is 1. The minimum absolute atomic E-state index is 0.0324. The Morgan fingerprint density at radius 3 is 2.82 bits per heavy atom. The number of alkyl halides is 3. The molecule has 1 heterocycles. The summed E-state index contributed by atoms with van der Waals surface area (Å²) in [4.78, 5) is 16.8. The van der Waals surface area contributed by atoms with Crippen LogP contribution in [0.5, 0.6) is 0 Å². The average Bonchev–Trinajstić information content (AvgIpc) is 2.77. The highest BCUT2D eigenvalue weighted by Crippen LogP contribution is 2.29. The van der Waals surface area contributed by atoms with E-state index in [0.717, 1.165) is 24.6 Å². The fourth-order valence-corrected chi connectivity index (χ4v) is 2.44. The second-order valence-electron chi connectivity index (χ2n) is 5.51. The molecule has 0 saturated carbocycles. The maximum atomic E-state index is 12.6. The lowest BCUT2D eigenvalue weighted by Gasteiger charge is -2.39. The molecule has 1 amide bonds. The Morgan fingerprint density at radius 1 is 1.50 bits per heavy atom. The number of hydrogen-bond donors (Lipinski definition) is 1. The van der Waals surface area contributed by atoms with Gasteiger partial charge in [-0.3, -0.25) is 9.63 Å². The lowest BCUT2D eigenvalue weighted by atomic mass is 10.1. The zero-order valence-electron chi connectivity index (χ0n) is 12.0. The van der Waals surface area contributed by atoms with E-state index in [2.05, 4.69) is 5.48 Å². The fourth-order valence-electron chi connectivity index (χ4n) is 2.44. The quantitative estimate of drug-likeness (QED) is 0.527. The summed E-state index contributed by atoms with van der Waals surface area (Å²) in [6.07, 6.45) is -3.03. The van der Waals surface area contributed by atoms with Crippen molar-refractivity contribution in [2.75, 3.05) is 20.2 Å². The van der Waals surface area contributed by atoms with Crippen LogP contribution in [0, 0.1) is 5.21 Å². The van der Waals surface area contributed by atoms with E-state index in [9.17, 15) is 23.2 Å². The van der Waals surface area contributed by atoms with Gasteiger partial charge in [0.25, 0.3) is 5.91 Å². The molecule has 1 aliphatic heterocycles. The predicted molar refractivity (Wildman–Crippen MR) is 72.3 cm³/mol. The summed E-state index contributed by atoms with van der Waals surface area (Å²) in [7, 11) is 1.54. The molecule has 1 aromatic carbocycles. The van der Waals surface area contributed by atoms with Crippen molar-refractivity contribution in [3.05, 3.63) is 40.6 Å². The van der Waals surface area contributed by atoms with Crippen LogP contribution in [-0.4, -0.2) is 36.8 Å². The number of halogens is 3. The molecule has 0 aromatic heterocycles. The number of rotatable bonds is 4. The SMILES string of the molecule is C[N+]1([O-])CCCC1CONC(=O)c1cccc(C(F)(F)F)c1. The predicted octanol–water partition coefficient (Wildman–Crippen LogP) is 2.47. The molecule has 0 aliphatic carbocycles. The molecular weight excluding hydrogens is 301 g/mol. The zero-order chi connectivity index (χ0) is 16.4. The van der Waals surface area contributed by atoms with E-state index in [-0.39, 0.29) is 18.2 Å². The molecule has 2 unspecified atom stereocenters. The lowest BCUT2D eigenvalue weighted by molar-refractivity contribution is -0.873. The molecule has 1 saturated heterocycles. The van der Waals surface area contributed by atoms with E-state index in [1.165, 1.54) is 13.1 Å². The van der Waals surface area contributed by atoms with Crippen molar-refractivity contribution in [3.63, 3.8) is 0 Å².